The van der Waals surface area contributed by atoms with Gasteiger partial charge in [-0.25, -0.2) is 0 Å². The van der Waals surface area contributed by atoms with E-state index in [4.69, 9.17) is 10.8 Å². The zero-order valence-electron chi connectivity index (χ0n) is 9.16. The molecule has 0 aliphatic carbocycles. The highest BCUT2D eigenvalue weighted by Crippen LogP contribution is 2.30. The molecule has 4 nitrogen and oxygen atoms in total. The van der Waals surface area contributed by atoms with Gasteiger partial charge in [-0.1, -0.05) is 20.8 Å². The summed E-state index contributed by atoms with van der Waals surface area (Å²) in [6.07, 6.45) is 0.627. The lowest BCUT2D eigenvalue weighted by atomic mass is 9.81. The molecule has 14 heavy (non-hydrogen) atoms. The van der Waals surface area contributed by atoms with E-state index in [9.17, 15) is 4.79 Å². The summed E-state index contributed by atoms with van der Waals surface area (Å²) in [5.74, 6) is 0.0124. The van der Waals surface area contributed by atoms with E-state index in [2.05, 4.69) is 20.8 Å². The average Bonchev–Trinajstić information content (AvgIpc) is 2.08. The molecule has 1 rings (SSSR count). The average molecular weight is 200 g/mol. The summed E-state index contributed by atoms with van der Waals surface area (Å²) >= 11 is 0. The van der Waals surface area contributed by atoms with Crippen molar-refractivity contribution in [3.8, 4) is 0 Å². The highest BCUT2D eigenvalue weighted by molar-refractivity contribution is 5.88. The normalized spacial score (nSPS) is 24.8. The Balaban J connectivity index is 2.65. The highest BCUT2D eigenvalue weighted by Gasteiger charge is 2.42. The molecule has 1 amide bonds. The van der Waals surface area contributed by atoms with Crippen LogP contribution in [0.3, 0.4) is 0 Å². The molecule has 0 aromatic carbocycles. The molecule has 0 aromatic rings. The fourth-order valence-corrected chi connectivity index (χ4v) is 1.94. The molecule has 3 N–H and O–H groups in total. The Kier molecular flexibility index (Phi) is 3.17. The zero-order valence-corrected chi connectivity index (χ0v) is 9.16. The van der Waals surface area contributed by atoms with Crippen LogP contribution < -0.4 is 5.73 Å². The lowest BCUT2D eigenvalue weighted by molar-refractivity contribution is -0.149. The number of nitrogens with two attached hydrogens (primary N) is 1. The molecule has 2 atom stereocenters. The number of hydrogen-bond donors (Lipinski definition) is 2. The minimum atomic E-state index is -0.321. The van der Waals surface area contributed by atoms with Crippen LogP contribution in [-0.4, -0.2) is 41.1 Å². The van der Waals surface area contributed by atoms with E-state index in [1.165, 1.54) is 0 Å². The second kappa shape index (κ2) is 3.87. The number of carbonyl (C=O) groups excluding carboxylic acids is 1. The summed E-state index contributed by atoms with van der Waals surface area (Å²) in [4.78, 5) is 13.2. The van der Waals surface area contributed by atoms with Crippen molar-refractivity contribution in [3.05, 3.63) is 0 Å². The molecule has 2 unspecified atom stereocenters. The summed E-state index contributed by atoms with van der Waals surface area (Å²) in [6.45, 7) is 6.96. The standard InChI is InChI=1S/C10H20N2O2/c1-10(2,3)8(4-5-13)12-6-7(11)9(12)14/h7-8,13H,4-6,11H2,1-3H3. The van der Waals surface area contributed by atoms with Crippen molar-refractivity contribution in [1.29, 1.82) is 0 Å². The summed E-state index contributed by atoms with van der Waals surface area (Å²) in [6, 6.07) is -0.224. The molecule has 0 spiro atoms. The number of likely N-dealkylation sites (tertiary alicyclic amines) is 1. The number of hydrogen-bond acceptors (Lipinski definition) is 3. The van der Waals surface area contributed by atoms with Crippen molar-refractivity contribution in [3.63, 3.8) is 0 Å². The predicted molar refractivity (Wildman–Crippen MR) is 54.6 cm³/mol. The summed E-state index contributed by atoms with van der Waals surface area (Å²) in [5.41, 5.74) is 5.53. The van der Waals surface area contributed by atoms with Gasteiger partial charge in [-0.2, -0.15) is 0 Å². The third kappa shape index (κ3) is 2.07. The van der Waals surface area contributed by atoms with Crippen LogP contribution in [0.5, 0.6) is 0 Å². The predicted octanol–water partition coefficient (Wildman–Crippen LogP) is -0.0470. The van der Waals surface area contributed by atoms with Gasteiger partial charge in [0.2, 0.25) is 5.91 Å². The molecular weight excluding hydrogens is 180 g/mol. The number of aliphatic hydroxyl groups excluding tert-OH is 1. The number of β-lactam (4-membered cyclic amide) rings is 1. The van der Waals surface area contributed by atoms with Crippen LogP contribution in [-0.2, 0) is 4.79 Å². The topological polar surface area (TPSA) is 66.6 Å². The zero-order chi connectivity index (χ0) is 10.9. The summed E-state index contributed by atoms with van der Waals surface area (Å²) in [7, 11) is 0. The first-order valence-electron chi connectivity index (χ1n) is 5.05. The third-order valence-corrected chi connectivity index (χ3v) is 2.77. The number of nitrogens with zero attached hydrogens (tertiary/aromatic N) is 1. The van der Waals surface area contributed by atoms with Crippen LogP contribution in [0.15, 0.2) is 0 Å². The Bertz CT molecular complexity index is 223. The minimum absolute atomic E-state index is 0.00146. The van der Waals surface area contributed by atoms with Gasteiger partial charge < -0.3 is 15.7 Å². The van der Waals surface area contributed by atoms with Gasteiger partial charge in [0.15, 0.2) is 0 Å². The van der Waals surface area contributed by atoms with E-state index in [1.807, 2.05) is 0 Å². The number of rotatable bonds is 3. The van der Waals surface area contributed by atoms with Crippen molar-refractivity contribution >= 4 is 5.91 Å². The molecule has 0 saturated carbocycles. The first kappa shape index (κ1) is 11.5. The Labute approximate surface area is 85.1 Å². The van der Waals surface area contributed by atoms with Crippen LogP contribution in [0.25, 0.3) is 0 Å². The Morgan fingerprint density at radius 3 is 2.50 bits per heavy atom. The van der Waals surface area contributed by atoms with Gasteiger partial charge in [0.05, 0.1) is 0 Å². The quantitative estimate of drug-likeness (QED) is 0.628. The van der Waals surface area contributed by atoms with Gasteiger partial charge in [0.25, 0.3) is 0 Å². The van der Waals surface area contributed by atoms with Crippen LogP contribution >= 0.6 is 0 Å². The van der Waals surface area contributed by atoms with Crippen LogP contribution in [0, 0.1) is 5.41 Å². The summed E-state index contributed by atoms with van der Waals surface area (Å²) in [5, 5.41) is 8.95. The molecule has 1 fully saturated rings. The monoisotopic (exact) mass is 200 g/mol. The fraction of sp³-hybridized carbons (Fsp3) is 0.900. The smallest absolute Gasteiger partial charge is 0.241 e. The second-order valence-corrected chi connectivity index (χ2v) is 4.99. The highest BCUT2D eigenvalue weighted by atomic mass is 16.3. The Hall–Kier alpha value is -0.610. The van der Waals surface area contributed by atoms with Crippen molar-refractivity contribution in [2.45, 2.75) is 39.3 Å². The molecule has 1 saturated heterocycles. The largest absolute Gasteiger partial charge is 0.396 e. The van der Waals surface area contributed by atoms with Crippen molar-refractivity contribution in [1.82, 2.24) is 4.90 Å². The van der Waals surface area contributed by atoms with Crippen molar-refractivity contribution in [2.75, 3.05) is 13.2 Å². The van der Waals surface area contributed by atoms with Crippen LogP contribution in [0.2, 0.25) is 0 Å². The van der Waals surface area contributed by atoms with E-state index in [0.717, 1.165) is 0 Å². The second-order valence-electron chi connectivity index (χ2n) is 4.99. The van der Waals surface area contributed by atoms with E-state index < -0.39 is 0 Å². The first-order valence-corrected chi connectivity index (χ1v) is 5.05. The molecule has 1 aliphatic rings. The molecule has 1 heterocycles. The van der Waals surface area contributed by atoms with E-state index >= 15 is 0 Å². The van der Waals surface area contributed by atoms with Crippen LogP contribution in [0.4, 0.5) is 0 Å². The lowest BCUT2D eigenvalue weighted by Gasteiger charge is -2.47. The fourth-order valence-electron chi connectivity index (χ4n) is 1.94. The van der Waals surface area contributed by atoms with Gasteiger partial charge in [-0.05, 0) is 11.8 Å². The lowest BCUT2D eigenvalue weighted by Crippen LogP contribution is -2.66. The van der Waals surface area contributed by atoms with E-state index in [0.29, 0.717) is 13.0 Å². The maximum Gasteiger partial charge on any atom is 0.241 e. The first-order chi connectivity index (χ1) is 6.38. The number of amides is 1. The SMILES string of the molecule is CC(C)(C)C(CCO)N1CC(N)C1=O. The molecule has 82 valence electrons. The maximum absolute atomic E-state index is 11.4. The van der Waals surface area contributed by atoms with Gasteiger partial charge in [0.1, 0.15) is 6.04 Å². The maximum atomic E-state index is 11.4. The Morgan fingerprint density at radius 2 is 2.21 bits per heavy atom. The van der Waals surface area contributed by atoms with Crippen LogP contribution in [0.1, 0.15) is 27.2 Å². The van der Waals surface area contributed by atoms with Gasteiger partial charge >= 0.3 is 0 Å². The molecular formula is C10H20N2O2. The number of carbonyl (C=O) groups is 1. The Morgan fingerprint density at radius 1 is 1.64 bits per heavy atom. The third-order valence-electron chi connectivity index (χ3n) is 2.77. The van der Waals surface area contributed by atoms with Gasteiger partial charge in [-0.3, -0.25) is 4.79 Å². The van der Waals surface area contributed by atoms with Gasteiger partial charge in [0, 0.05) is 19.2 Å². The number of aliphatic hydroxyl groups is 1. The molecule has 0 bridgehead atoms. The van der Waals surface area contributed by atoms with Gasteiger partial charge in [-0.15, -0.1) is 0 Å². The molecule has 0 radical (unpaired) electrons. The molecule has 1 aliphatic heterocycles. The van der Waals surface area contributed by atoms with E-state index in [1.54, 1.807) is 4.90 Å². The molecule has 4 heteroatoms. The minimum Gasteiger partial charge on any atom is -0.396 e. The van der Waals surface area contributed by atoms with Crippen molar-refractivity contribution < 1.29 is 9.90 Å². The molecule has 0 aromatic heterocycles. The van der Waals surface area contributed by atoms with Crippen molar-refractivity contribution in [2.24, 2.45) is 11.1 Å². The summed E-state index contributed by atoms with van der Waals surface area (Å²) < 4.78 is 0. The van der Waals surface area contributed by atoms with E-state index in [-0.39, 0.29) is 30.0 Å².